The maximum atomic E-state index is 12.9. The van der Waals surface area contributed by atoms with Crippen LogP contribution < -0.4 is 0 Å². The van der Waals surface area contributed by atoms with Crippen molar-refractivity contribution in [1.29, 1.82) is 0 Å². The van der Waals surface area contributed by atoms with Crippen molar-refractivity contribution in [3.05, 3.63) is 28.0 Å². The summed E-state index contributed by atoms with van der Waals surface area (Å²) in [6.45, 7) is 1.81. The van der Waals surface area contributed by atoms with E-state index < -0.39 is 18.0 Å². The van der Waals surface area contributed by atoms with E-state index in [9.17, 15) is 13.6 Å². The normalized spacial score (nSPS) is 10.8. The Morgan fingerprint density at radius 1 is 1.56 bits per heavy atom. The molecule has 0 saturated heterocycles. The minimum Gasteiger partial charge on any atom is -0.466 e. The minimum absolute atomic E-state index is 0.0291. The van der Waals surface area contributed by atoms with Gasteiger partial charge >= 0.3 is 5.97 Å². The molecule has 7 heteroatoms. The molecule has 0 saturated carbocycles. The van der Waals surface area contributed by atoms with Crippen molar-refractivity contribution in [2.24, 2.45) is 0 Å². The maximum absolute atomic E-state index is 12.9. The Kier molecular flexibility index (Phi) is 5.75. The van der Waals surface area contributed by atoms with Gasteiger partial charge in [-0.15, -0.1) is 11.6 Å². The van der Waals surface area contributed by atoms with E-state index >= 15 is 0 Å². The molecule has 0 aliphatic carbocycles. The van der Waals surface area contributed by atoms with Gasteiger partial charge in [0.25, 0.3) is 6.43 Å². The van der Waals surface area contributed by atoms with Crippen molar-refractivity contribution in [2.45, 2.75) is 25.7 Å². The molecule has 1 rings (SSSR count). The summed E-state index contributed by atoms with van der Waals surface area (Å²) in [5, 5.41) is -0.321. The van der Waals surface area contributed by atoms with Crippen LogP contribution in [0.5, 0.6) is 0 Å². The van der Waals surface area contributed by atoms with Gasteiger partial charge in [0.15, 0.2) is 0 Å². The summed E-state index contributed by atoms with van der Waals surface area (Å²) in [5.41, 5.74) is -0.00857. The summed E-state index contributed by atoms with van der Waals surface area (Å²) < 4.78 is 30.6. The number of pyridine rings is 1. The Morgan fingerprint density at radius 2 is 2.22 bits per heavy atom. The fourth-order valence-corrected chi connectivity index (χ4v) is 1.96. The SMILES string of the molecule is CCOC(=O)Cc1c(CCl)cnc(Cl)c1C(F)F. The zero-order chi connectivity index (χ0) is 13.7. The third-order valence-electron chi connectivity index (χ3n) is 2.26. The van der Waals surface area contributed by atoms with Gasteiger partial charge in [0.2, 0.25) is 0 Å². The van der Waals surface area contributed by atoms with Gasteiger partial charge in [-0.1, -0.05) is 11.6 Å². The van der Waals surface area contributed by atoms with Crippen LogP contribution in [-0.4, -0.2) is 17.6 Å². The average Bonchev–Trinajstić information content (AvgIpc) is 2.29. The van der Waals surface area contributed by atoms with Gasteiger partial charge in [-0.05, 0) is 18.1 Å². The van der Waals surface area contributed by atoms with Crippen LogP contribution in [0.2, 0.25) is 5.15 Å². The van der Waals surface area contributed by atoms with E-state index in [-0.39, 0.29) is 29.6 Å². The lowest BCUT2D eigenvalue weighted by molar-refractivity contribution is -0.142. The molecule has 0 atom stereocenters. The van der Waals surface area contributed by atoms with Crippen LogP contribution >= 0.6 is 23.2 Å². The number of ether oxygens (including phenoxy) is 1. The molecule has 0 radical (unpaired) electrons. The van der Waals surface area contributed by atoms with Gasteiger partial charge in [0.1, 0.15) is 5.15 Å². The Labute approximate surface area is 113 Å². The summed E-state index contributed by atoms with van der Waals surface area (Å²) in [7, 11) is 0. The number of hydrogen-bond donors (Lipinski definition) is 0. The molecule has 0 unspecified atom stereocenters. The van der Waals surface area contributed by atoms with Crippen molar-refractivity contribution in [2.75, 3.05) is 6.61 Å². The number of hydrogen-bond acceptors (Lipinski definition) is 3. The number of nitrogens with zero attached hydrogens (tertiary/aromatic N) is 1. The zero-order valence-electron chi connectivity index (χ0n) is 9.55. The fraction of sp³-hybridized carbons (Fsp3) is 0.455. The number of aromatic nitrogens is 1. The maximum Gasteiger partial charge on any atom is 0.310 e. The van der Waals surface area contributed by atoms with E-state index in [0.29, 0.717) is 5.56 Å². The molecule has 0 aromatic carbocycles. The highest BCUT2D eigenvalue weighted by molar-refractivity contribution is 6.30. The van der Waals surface area contributed by atoms with E-state index in [0.717, 1.165) is 0 Å². The van der Waals surface area contributed by atoms with Crippen molar-refractivity contribution in [3.8, 4) is 0 Å². The summed E-state index contributed by atoms with van der Waals surface area (Å²) >= 11 is 11.3. The van der Waals surface area contributed by atoms with Crippen LogP contribution in [-0.2, 0) is 21.8 Å². The highest BCUT2D eigenvalue weighted by Gasteiger charge is 2.23. The molecule has 0 bridgehead atoms. The number of rotatable bonds is 5. The van der Waals surface area contributed by atoms with Gasteiger partial charge in [-0.25, -0.2) is 13.8 Å². The third kappa shape index (κ3) is 3.53. The lowest BCUT2D eigenvalue weighted by atomic mass is 10.0. The molecule has 0 N–H and O–H groups in total. The first kappa shape index (κ1) is 15.1. The van der Waals surface area contributed by atoms with Gasteiger partial charge in [0.05, 0.1) is 18.6 Å². The second kappa shape index (κ2) is 6.85. The number of alkyl halides is 3. The van der Waals surface area contributed by atoms with E-state index in [1.165, 1.54) is 6.20 Å². The molecule has 1 aromatic heterocycles. The standard InChI is InChI=1S/C11H11Cl2F2NO2/c1-2-18-8(17)3-7-6(4-12)5-16-10(13)9(7)11(14)15/h5,11H,2-4H2,1H3. The average molecular weight is 298 g/mol. The summed E-state index contributed by atoms with van der Waals surface area (Å²) in [5.74, 6) is -0.633. The molecule has 0 spiro atoms. The number of halogens is 4. The van der Waals surface area contributed by atoms with Crippen molar-refractivity contribution >= 4 is 29.2 Å². The van der Waals surface area contributed by atoms with E-state index in [4.69, 9.17) is 27.9 Å². The number of carbonyl (C=O) groups is 1. The van der Waals surface area contributed by atoms with Gasteiger partial charge in [0, 0.05) is 12.1 Å². The van der Waals surface area contributed by atoms with Gasteiger partial charge in [-0.2, -0.15) is 0 Å². The van der Waals surface area contributed by atoms with Crippen molar-refractivity contribution in [1.82, 2.24) is 4.98 Å². The summed E-state index contributed by atoms with van der Waals surface area (Å²) in [6, 6.07) is 0. The first-order valence-electron chi connectivity index (χ1n) is 5.17. The minimum atomic E-state index is -2.82. The Balaban J connectivity index is 3.19. The molecule has 18 heavy (non-hydrogen) atoms. The molecule has 1 aromatic rings. The second-order valence-electron chi connectivity index (χ2n) is 3.38. The Bertz CT molecular complexity index is 441. The topological polar surface area (TPSA) is 39.2 Å². The molecule has 0 fully saturated rings. The quantitative estimate of drug-likeness (QED) is 0.474. The molecule has 3 nitrogen and oxygen atoms in total. The Morgan fingerprint density at radius 3 is 2.72 bits per heavy atom. The predicted octanol–water partition coefficient (Wildman–Crippen LogP) is 3.52. The van der Waals surface area contributed by atoms with E-state index in [1.54, 1.807) is 6.92 Å². The van der Waals surface area contributed by atoms with E-state index in [2.05, 4.69) is 4.98 Å². The Hall–Kier alpha value is -0.940. The van der Waals surface area contributed by atoms with Gasteiger partial charge < -0.3 is 4.74 Å². The van der Waals surface area contributed by atoms with Crippen LogP contribution in [0.4, 0.5) is 8.78 Å². The molecule has 1 heterocycles. The fourth-order valence-electron chi connectivity index (χ4n) is 1.48. The highest BCUT2D eigenvalue weighted by Crippen LogP contribution is 2.31. The van der Waals surface area contributed by atoms with Crippen molar-refractivity contribution < 1.29 is 18.3 Å². The van der Waals surface area contributed by atoms with Crippen LogP contribution in [0.25, 0.3) is 0 Å². The molecule has 0 aliphatic rings. The molecule has 100 valence electrons. The zero-order valence-corrected chi connectivity index (χ0v) is 11.1. The van der Waals surface area contributed by atoms with Crippen molar-refractivity contribution in [3.63, 3.8) is 0 Å². The van der Waals surface area contributed by atoms with E-state index in [1.807, 2.05) is 0 Å². The molecular weight excluding hydrogens is 287 g/mol. The van der Waals surface area contributed by atoms with Crippen LogP contribution in [0.15, 0.2) is 6.20 Å². The van der Waals surface area contributed by atoms with Crippen LogP contribution in [0, 0.1) is 0 Å². The largest absolute Gasteiger partial charge is 0.466 e. The summed E-state index contributed by atoms with van der Waals surface area (Å²) in [6.07, 6.45) is -1.83. The molecular formula is C11H11Cl2F2NO2. The lowest BCUT2D eigenvalue weighted by Gasteiger charge is -2.13. The third-order valence-corrected chi connectivity index (χ3v) is 2.85. The van der Waals surface area contributed by atoms with Crippen LogP contribution in [0.3, 0.4) is 0 Å². The monoisotopic (exact) mass is 297 g/mol. The van der Waals surface area contributed by atoms with Gasteiger partial charge in [-0.3, -0.25) is 4.79 Å². The lowest BCUT2D eigenvalue weighted by Crippen LogP contribution is -2.12. The second-order valence-corrected chi connectivity index (χ2v) is 4.01. The first-order chi connectivity index (χ1) is 8.51. The first-order valence-corrected chi connectivity index (χ1v) is 6.08. The highest BCUT2D eigenvalue weighted by atomic mass is 35.5. The number of esters is 1. The summed E-state index contributed by atoms with van der Waals surface area (Å²) in [4.78, 5) is 15.0. The van der Waals surface area contributed by atoms with Crippen LogP contribution in [0.1, 0.15) is 30.0 Å². The molecule has 0 aliphatic heterocycles. The molecule has 0 amide bonds. The predicted molar refractivity (Wildman–Crippen MR) is 64.1 cm³/mol. The number of carbonyl (C=O) groups excluding carboxylic acids is 1. The smallest absolute Gasteiger partial charge is 0.310 e.